The van der Waals surface area contributed by atoms with Crippen LogP contribution >= 0.6 is 11.6 Å². The van der Waals surface area contributed by atoms with Gasteiger partial charge in [-0.25, -0.2) is 4.98 Å². The number of rotatable bonds is 6. The SMILES string of the molecule is CC(=NNc1ccccc1)c1cc(Cl)cc(C(C)=NNc2ccccc2)n1.[Cl-].[Cl-].[Fe+2]. The van der Waals surface area contributed by atoms with Crippen LogP contribution in [0.4, 0.5) is 11.4 Å². The second-order valence-electron chi connectivity index (χ2n) is 5.91. The van der Waals surface area contributed by atoms with E-state index in [4.69, 9.17) is 11.6 Å². The van der Waals surface area contributed by atoms with Crippen LogP contribution in [-0.4, -0.2) is 16.4 Å². The molecule has 9 heteroatoms. The summed E-state index contributed by atoms with van der Waals surface area (Å²) in [6, 6.07) is 23.0. The maximum absolute atomic E-state index is 6.28. The van der Waals surface area contributed by atoms with Gasteiger partial charge in [0.2, 0.25) is 0 Å². The normalized spacial score (nSPS) is 10.8. The Bertz CT molecular complexity index is 891. The Morgan fingerprint density at radius 1 is 0.733 bits per heavy atom. The third kappa shape index (κ3) is 8.34. The molecule has 0 atom stereocenters. The van der Waals surface area contributed by atoms with Gasteiger partial charge in [0.1, 0.15) is 0 Å². The molecule has 0 amide bonds. The minimum atomic E-state index is 0. The number of nitrogens with one attached hydrogen (secondary N) is 2. The van der Waals surface area contributed by atoms with Crippen molar-refractivity contribution in [2.45, 2.75) is 13.8 Å². The van der Waals surface area contributed by atoms with Crippen molar-refractivity contribution in [2.75, 3.05) is 10.9 Å². The second-order valence-corrected chi connectivity index (χ2v) is 6.34. The molecule has 0 aliphatic rings. The molecule has 0 saturated carbocycles. The van der Waals surface area contributed by atoms with Gasteiger partial charge in [-0.1, -0.05) is 48.0 Å². The molecule has 30 heavy (non-hydrogen) atoms. The number of nitrogens with zero attached hydrogens (tertiary/aromatic N) is 3. The molecular weight excluding hydrogens is 484 g/mol. The fraction of sp³-hybridized carbons (Fsp3) is 0.0952. The standard InChI is InChI=1S/C21H20ClN5.2ClH.Fe/c1-15(24-26-18-9-5-3-6-10-18)20-13-17(22)14-21(23-20)16(2)25-27-19-11-7-4-8-12-19;;;/h3-14,26-27H,1-2H3;2*1H;/q;;;+2/p-2. The zero-order valence-electron chi connectivity index (χ0n) is 16.3. The Hall–Kier alpha value is -2.08. The predicted molar refractivity (Wildman–Crippen MR) is 114 cm³/mol. The molecule has 0 spiro atoms. The predicted octanol–water partition coefficient (Wildman–Crippen LogP) is -0.587. The summed E-state index contributed by atoms with van der Waals surface area (Å²) in [5, 5.41) is 9.36. The van der Waals surface area contributed by atoms with Gasteiger partial charge in [0.15, 0.2) is 0 Å². The number of para-hydroxylation sites is 2. The molecule has 1 aromatic heterocycles. The van der Waals surface area contributed by atoms with Crippen molar-refractivity contribution in [1.29, 1.82) is 0 Å². The molecule has 0 radical (unpaired) electrons. The smallest absolute Gasteiger partial charge is 1.00 e. The summed E-state index contributed by atoms with van der Waals surface area (Å²) >= 11 is 6.28. The van der Waals surface area contributed by atoms with Gasteiger partial charge in [0, 0.05) is 5.02 Å². The van der Waals surface area contributed by atoms with E-state index < -0.39 is 0 Å². The van der Waals surface area contributed by atoms with E-state index in [1.807, 2.05) is 74.5 Å². The number of hydrogen-bond donors (Lipinski definition) is 2. The molecule has 0 aliphatic carbocycles. The van der Waals surface area contributed by atoms with Crippen LogP contribution in [0.3, 0.4) is 0 Å². The molecule has 158 valence electrons. The third-order valence-corrected chi connectivity index (χ3v) is 4.00. The van der Waals surface area contributed by atoms with Gasteiger partial charge >= 0.3 is 17.1 Å². The van der Waals surface area contributed by atoms with E-state index in [0.29, 0.717) is 16.4 Å². The van der Waals surface area contributed by atoms with E-state index in [1.165, 1.54) is 0 Å². The van der Waals surface area contributed by atoms with Crippen molar-refractivity contribution < 1.29 is 41.9 Å². The third-order valence-electron chi connectivity index (χ3n) is 3.78. The van der Waals surface area contributed by atoms with Crippen LogP contribution in [0, 0.1) is 0 Å². The van der Waals surface area contributed by atoms with Crippen molar-refractivity contribution in [3.63, 3.8) is 0 Å². The second kappa shape index (κ2) is 14.0. The summed E-state index contributed by atoms with van der Waals surface area (Å²) in [4.78, 5) is 4.63. The van der Waals surface area contributed by atoms with Crippen LogP contribution in [0.5, 0.6) is 0 Å². The number of pyridine rings is 1. The monoisotopic (exact) mass is 503 g/mol. The van der Waals surface area contributed by atoms with Crippen molar-refractivity contribution in [1.82, 2.24) is 4.98 Å². The topological polar surface area (TPSA) is 61.7 Å². The number of hydrogen-bond acceptors (Lipinski definition) is 5. The first kappa shape index (κ1) is 27.9. The summed E-state index contributed by atoms with van der Waals surface area (Å²) in [5.74, 6) is 0. The van der Waals surface area contributed by atoms with Crippen LogP contribution in [0.25, 0.3) is 0 Å². The average Bonchev–Trinajstić information content (AvgIpc) is 2.71. The Labute approximate surface area is 204 Å². The van der Waals surface area contributed by atoms with E-state index in [9.17, 15) is 0 Å². The van der Waals surface area contributed by atoms with Gasteiger partial charge in [0.05, 0.1) is 34.2 Å². The Balaban J connectivity index is 0.00000280. The number of anilines is 2. The largest absolute Gasteiger partial charge is 2.00 e. The van der Waals surface area contributed by atoms with E-state index in [2.05, 4.69) is 26.0 Å². The van der Waals surface area contributed by atoms with Crippen LogP contribution in [0.2, 0.25) is 5.02 Å². The quantitative estimate of drug-likeness (QED) is 0.268. The minimum absolute atomic E-state index is 0. The molecule has 0 unspecified atom stereocenters. The Kier molecular flexibility index (Phi) is 13.0. The summed E-state index contributed by atoms with van der Waals surface area (Å²) < 4.78 is 0. The van der Waals surface area contributed by atoms with Gasteiger partial charge in [-0.05, 0) is 50.2 Å². The molecule has 3 rings (SSSR count). The van der Waals surface area contributed by atoms with Crippen molar-refractivity contribution in [3.8, 4) is 0 Å². The molecule has 3 aromatic rings. The van der Waals surface area contributed by atoms with E-state index in [1.54, 1.807) is 12.1 Å². The zero-order valence-corrected chi connectivity index (χ0v) is 19.6. The fourth-order valence-corrected chi connectivity index (χ4v) is 2.51. The molecule has 0 aliphatic heterocycles. The van der Waals surface area contributed by atoms with Crippen LogP contribution < -0.4 is 35.7 Å². The van der Waals surface area contributed by atoms with E-state index >= 15 is 0 Å². The van der Waals surface area contributed by atoms with Crippen LogP contribution in [0.15, 0.2) is 83.0 Å². The minimum Gasteiger partial charge on any atom is -1.00 e. The first-order valence-corrected chi connectivity index (χ1v) is 8.88. The molecule has 0 bridgehead atoms. The number of benzene rings is 2. The molecule has 0 fully saturated rings. The molecule has 0 saturated heterocycles. The maximum Gasteiger partial charge on any atom is 2.00 e. The zero-order chi connectivity index (χ0) is 19.1. The summed E-state index contributed by atoms with van der Waals surface area (Å²) in [6.07, 6.45) is 0. The van der Waals surface area contributed by atoms with E-state index in [-0.39, 0.29) is 41.9 Å². The molecular formula is C21H20Cl3FeN5. The molecule has 1 heterocycles. The van der Waals surface area contributed by atoms with Crippen molar-refractivity contribution in [2.24, 2.45) is 10.2 Å². The summed E-state index contributed by atoms with van der Waals surface area (Å²) in [5.41, 5.74) is 10.7. The Morgan fingerprint density at radius 3 is 1.47 bits per heavy atom. The summed E-state index contributed by atoms with van der Waals surface area (Å²) in [7, 11) is 0. The van der Waals surface area contributed by atoms with Gasteiger partial charge < -0.3 is 24.8 Å². The average molecular weight is 505 g/mol. The maximum atomic E-state index is 6.28. The van der Waals surface area contributed by atoms with Gasteiger partial charge in [-0.2, -0.15) is 10.2 Å². The van der Waals surface area contributed by atoms with Gasteiger partial charge in [-0.3, -0.25) is 10.9 Å². The number of hydrazone groups is 2. The first-order valence-electron chi connectivity index (χ1n) is 8.51. The van der Waals surface area contributed by atoms with Gasteiger partial charge in [-0.15, -0.1) is 0 Å². The van der Waals surface area contributed by atoms with Crippen molar-refractivity contribution >= 4 is 34.4 Å². The molecule has 2 N–H and O–H groups in total. The van der Waals surface area contributed by atoms with E-state index in [0.717, 1.165) is 22.8 Å². The Morgan fingerprint density at radius 2 is 1.10 bits per heavy atom. The van der Waals surface area contributed by atoms with Crippen molar-refractivity contribution in [3.05, 3.63) is 89.2 Å². The van der Waals surface area contributed by atoms with Crippen LogP contribution in [-0.2, 0) is 17.1 Å². The summed E-state index contributed by atoms with van der Waals surface area (Å²) in [6.45, 7) is 3.76. The molecule has 5 nitrogen and oxygen atoms in total. The number of aromatic nitrogens is 1. The van der Waals surface area contributed by atoms with Crippen LogP contribution in [0.1, 0.15) is 25.2 Å². The number of halogens is 3. The fourth-order valence-electron chi connectivity index (χ4n) is 2.30. The molecule has 2 aromatic carbocycles. The van der Waals surface area contributed by atoms with Gasteiger partial charge in [0.25, 0.3) is 0 Å². The first-order chi connectivity index (χ1) is 13.1.